The highest BCUT2D eigenvalue weighted by molar-refractivity contribution is 7.89. The van der Waals surface area contributed by atoms with E-state index in [1.807, 2.05) is 50.2 Å². The summed E-state index contributed by atoms with van der Waals surface area (Å²) in [5.74, 6) is 0.0330. The zero-order valence-corrected chi connectivity index (χ0v) is 17.5. The van der Waals surface area contributed by atoms with Gasteiger partial charge in [0, 0.05) is 6.54 Å². The van der Waals surface area contributed by atoms with Crippen molar-refractivity contribution < 1.29 is 17.9 Å². The maximum atomic E-state index is 12.8. The van der Waals surface area contributed by atoms with Crippen LogP contribution < -0.4 is 14.8 Å². The maximum absolute atomic E-state index is 12.8. The van der Waals surface area contributed by atoms with Crippen molar-refractivity contribution in [1.29, 1.82) is 0 Å². The van der Waals surface area contributed by atoms with Gasteiger partial charge in [-0.05, 0) is 42.5 Å². The van der Waals surface area contributed by atoms with Crippen LogP contribution in [0.2, 0.25) is 0 Å². The fourth-order valence-electron chi connectivity index (χ4n) is 2.74. The number of rotatable bonds is 9. The van der Waals surface area contributed by atoms with Gasteiger partial charge in [0.2, 0.25) is 15.9 Å². The number of nitrogens with one attached hydrogen (secondary N) is 2. The number of hydrogen-bond donors (Lipinski definition) is 2. The topological polar surface area (TPSA) is 84.5 Å². The average molecular weight is 405 g/mol. The molecule has 0 saturated heterocycles. The zero-order chi connectivity index (χ0) is 20.7. The van der Waals surface area contributed by atoms with Crippen molar-refractivity contribution in [3.05, 3.63) is 59.7 Å². The van der Waals surface area contributed by atoms with Crippen LogP contribution in [0.15, 0.2) is 53.4 Å². The highest BCUT2D eigenvalue weighted by Crippen LogP contribution is 2.28. The maximum Gasteiger partial charge on any atom is 0.244 e. The fraction of sp³-hybridized carbons (Fsp3) is 0.381. The Morgan fingerprint density at radius 3 is 2.36 bits per heavy atom. The molecule has 0 spiro atoms. The van der Waals surface area contributed by atoms with Gasteiger partial charge in [-0.3, -0.25) is 4.79 Å². The SMILES string of the molecule is COc1ccc(C(C)C)cc1S(=O)(=O)NC(C)C(=O)NCCc1ccccc1. The van der Waals surface area contributed by atoms with Crippen molar-refractivity contribution in [2.24, 2.45) is 0 Å². The van der Waals surface area contributed by atoms with Gasteiger partial charge in [-0.15, -0.1) is 0 Å². The minimum absolute atomic E-state index is 0.0325. The first-order chi connectivity index (χ1) is 13.2. The van der Waals surface area contributed by atoms with Gasteiger partial charge in [0.15, 0.2) is 0 Å². The summed E-state index contributed by atoms with van der Waals surface area (Å²) in [5, 5.41) is 2.77. The van der Waals surface area contributed by atoms with Crippen molar-refractivity contribution in [2.45, 2.75) is 44.0 Å². The van der Waals surface area contributed by atoms with E-state index in [4.69, 9.17) is 4.74 Å². The van der Waals surface area contributed by atoms with Gasteiger partial charge in [-0.1, -0.05) is 50.2 Å². The van der Waals surface area contributed by atoms with Crippen LogP contribution in [0.1, 0.15) is 37.8 Å². The number of hydrogen-bond acceptors (Lipinski definition) is 4. The summed E-state index contributed by atoms with van der Waals surface area (Å²) in [7, 11) is -2.50. The third-order valence-corrected chi connectivity index (χ3v) is 5.99. The number of carbonyl (C=O) groups excluding carboxylic acids is 1. The first-order valence-corrected chi connectivity index (χ1v) is 10.7. The monoisotopic (exact) mass is 404 g/mol. The molecule has 0 fully saturated rings. The fourth-order valence-corrected chi connectivity index (χ4v) is 4.15. The predicted molar refractivity (Wildman–Crippen MR) is 110 cm³/mol. The summed E-state index contributed by atoms with van der Waals surface area (Å²) in [6.07, 6.45) is 0.677. The van der Waals surface area contributed by atoms with E-state index < -0.39 is 16.1 Å². The van der Waals surface area contributed by atoms with Gasteiger partial charge in [0.25, 0.3) is 0 Å². The van der Waals surface area contributed by atoms with Gasteiger partial charge < -0.3 is 10.1 Å². The van der Waals surface area contributed by atoms with Gasteiger partial charge in [0.05, 0.1) is 13.2 Å². The van der Waals surface area contributed by atoms with E-state index in [9.17, 15) is 13.2 Å². The minimum Gasteiger partial charge on any atom is -0.495 e. The van der Waals surface area contributed by atoms with Crippen LogP contribution in [0.5, 0.6) is 5.75 Å². The lowest BCUT2D eigenvalue weighted by atomic mass is 10.0. The zero-order valence-electron chi connectivity index (χ0n) is 16.7. The van der Waals surface area contributed by atoms with Gasteiger partial charge >= 0.3 is 0 Å². The Labute approximate surface area is 167 Å². The number of amides is 1. The summed E-state index contributed by atoms with van der Waals surface area (Å²) in [6, 6.07) is 13.9. The molecule has 2 aromatic carbocycles. The molecule has 0 radical (unpaired) electrons. The van der Waals surface area contributed by atoms with E-state index in [1.165, 1.54) is 14.0 Å². The van der Waals surface area contributed by atoms with Crippen molar-refractivity contribution >= 4 is 15.9 Å². The number of methoxy groups -OCH3 is 1. The molecule has 1 unspecified atom stereocenters. The van der Waals surface area contributed by atoms with Crippen LogP contribution in [0.3, 0.4) is 0 Å². The largest absolute Gasteiger partial charge is 0.495 e. The summed E-state index contributed by atoms with van der Waals surface area (Å²) in [4.78, 5) is 12.3. The lowest BCUT2D eigenvalue weighted by molar-refractivity contribution is -0.122. The number of carbonyl (C=O) groups is 1. The lowest BCUT2D eigenvalue weighted by Gasteiger charge is -2.17. The number of sulfonamides is 1. The van der Waals surface area contributed by atoms with Crippen LogP contribution in [0, 0.1) is 0 Å². The molecule has 0 saturated carbocycles. The Kier molecular flexibility index (Phi) is 7.60. The molecule has 0 aliphatic heterocycles. The molecule has 0 aliphatic carbocycles. The Morgan fingerprint density at radius 1 is 1.07 bits per heavy atom. The Bertz CT molecular complexity index is 896. The summed E-state index contributed by atoms with van der Waals surface area (Å²) >= 11 is 0. The second-order valence-electron chi connectivity index (χ2n) is 6.93. The molecule has 6 nitrogen and oxygen atoms in total. The molecule has 0 heterocycles. The van der Waals surface area contributed by atoms with E-state index in [-0.39, 0.29) is 22.5 Å². The normalized spacial score (nSPS) is 12.6. The van der Waals surface area contributed by atoms with Crippen molar-refractivity contribution in [3.8, 4) is 5.75 Å². The average Bonchev–Trinajstić information content (AvgIpc) is 2.67. The smallest absolute Gasteiger partial charge is 0.244 e. The van der Waals surface area contributed by atoms with Gasteiger partial charge in [-0.2, -0.15) is 4.72 Å². The summed E-state index contributed by atoms with van der Waals surface area (Å²) in [5.41, 5.74) is 1.98. The summed E-state index contributed by atoms with van der Waals surface area (Å²) in [6.45, 7) is 5.91. The molecule has 2 aromatic rings. The molecule has 28 heavy (non-hydrogen) atoms. The highest BCUT2D eigenvalue weighted by atomic mass is 32.2. The Balaban J connectivity index is 2.04. The molecular weight excluding hydrogens is 376 g/mol. The van der Waals surface area contributed by atoms with E-state index in [0.29, 0.717) is 13.0 Å². The van der Waals surface area contributed by atoms with E-state index in [0.717, 1.165) is 11.1 Å². The predicted octanol–water partition coefficient (Wildman–Crippen LogP) is 2.84. The highest BCUT2D eigenvalue weighted by Gasteiger charge is 2.25. The molecule has 1 amide bonds. The standard InChI is InChI=1S/C21H28N2O4S/c1-15(2)18-10-11-19(27-4)20(14-18)28(25,26)23-16(3)21(24)22-13-12-17-8-6-5-7-9-17/h5-11,14-16,23H,12-13H2,1-4H3,(H,22,24). The molecule has 2 N–H and O–H groups in total. The van der Waals surface area contributed by atoms with Crippen molar-refractivity contribution in [3.63, 3.8) is 0 Å². The first kappa shape index (κ1) is 21.9. The van der Waals surface area contributed by atoms with E-state index in [2.05, 4.69) is 10.0 Å². The Hall–Kier alpha value is -2.38. The molecule has 0 bridgehead atoms. The molecule has 1 atom stereocenters. The number of ether oxygens (including phenoxy) is 1. The minimum atomic E-state index is -3.92. The Morgan fingerprint density at radius 2 is 1.75 bits per heavy atom. The molecule has 0 aliphatic rings. The van der Waals surface area contributed by atoms with Crippen LogP contribution in [0.25, 0.3) is 0 Å². The first-order valence-electron chi connectivity index (χ1n) is 9.26. The summed E-state index contributed by atoms with van der Waals surface area (Å²) < 4.78 is 33.3. The van der Waals surface area contributed by atoms with E-state index in [1.54, 1.807) is 12.1 Å². The molecule has 7 heteroatoms. The second-order valence-corrected chi connectivity index (χ2v) is 8.62. The molecule has 0 aromatic heterocycles. The van der Waals surface area contributed by atoms with Crippen molar-refractivity contribution in [2.75, 3.05) is 13.7 Å². The molecule has 2 rings (SSSR count). The third-order valence-electron chi connectivity index (χ3n) is 4.42. The van der Waals surface area contributed by atoms with Gasteiger partial charge in [-0.25, -0.2) is 8.42 Å². The lowest BCUT2D eigenvalue weighted by Crippen LogP contribution is -2.45. The van der Waals surface area contributed by atoms with Crippen LogP contribution in [-0.2, 0) is 21.2 Å². The molecular formula is C21H28N2O4S. The molecule has 152 valence electrons. The number of benzene rings is 2. The van der Waals surface area contributed by atoms with Crippen LogP contribution in [-0.4, -0.2) is 34.0 Å². The van der Waals surface area contributed by atoms with E-state index >= 15 is 0 Å². The van der Waals surface area contributed by atoms with Crippen LogP contribution in [0.4, 0.5) is 0 Å². The second kappa shape index (κ2) is 9.71. The van der Waals surface area contributed by atoms with Crippen molar-refractivity contribution in [1.82, 2.24) is 10.0 Å². The van der Waals surface area contributed by atoms with Crippen LogP contribution >= 0.6 is 0 Å². The van der Waals surface area contributed by atoms with Gasteiger partial charge in [0.1, 0.15) is 10.6 Å². The quantitative estimate of drug-likeness (QED) is 0.673. The third kappa shape index (κ3) is 5.81.